The zero-order valence-electron chi connectivity index (χ0n) is 43.1. The summed E-state index contributed by atoms with van der Waals surface area (Å²) < 4.78 is 23.6. The van der Waals surface area contributed by atoms with Gasteiger partial charge in [0, 0.05) is 58.2 Å². The van der Waals surface area contributed by atoms with Gasteiger partial charge in [0.2, 0.25) is 0 Å². The minimum atomic E-state index is -2.31. The van der Waals surface area contributed by atoms with Crippen molar-refractivity contribution in [1.82, 2.24) is 19.9 Å². The summed E-state index contributed by atoms with van der Waals surface area (Å²) in [6.07, 6.45) is 16.2. The standard InChI is InChI=1S/C57H78N4O7/c1-14-41-37(9)44-30-46-39(11)43(26-27-50(62)66-29-28-36(8)25-19-24-35(7)23-18-22-34(6)21-17-20-33(4)5)53(60-46)52-54-51(55(63)68-57(52,67-16-3)56(64)65-13)40(12)47(61-54)32-49-42(15-2)38(10)45(59-49)31-48(41)58-44/h14,28,30-35,39,43,58-59H,1,15-27,29H2,2-13H3. The van der Waals surface area contributed by atoms with Crippen LogP contribution in [0.25, 0.3) is 39.3 Å². The number of fused-ring (bicyclic) bond motifs is 8. The molecule has 3 aromatic rings. The first-order chi connectivity index (χ1) is 32.5. The van der Waals surface area contributed by atoms with Crippen LogP contribution in [0.4, 0.5) is 0 Å². The lowest BCUT2D eigenvalue weighted by molar-refractivity contribution is -0.245. The summed E-state index contributed by atoms with van der Waals surface area (Å²) in [7, 11) is 1.23. The quantitative estimate of drug-likeness (QED) is 0.0571. The number of nitrogens with zero attached hydrogens (tertiary/aromatic N) is 2. The second-order valence-electron chi connectivity index (χ2n) is 20.1. The maximum absolute atomic E-state index is 14.2. The van der Waals surface area contributed by atoms with Gasteiger partial charge >= 0.3 is 23.7 Å². The molecule has 6 rings (SSSR count). The van der Waals surface area contributed by atoms with Crippen LogP contribution < -0.4 is 0 Å². The van der Waals surface area contributed by atoms with Gasteiger partial charge in [-0.1, -0.05) is 105 Å². The van der Waals surface area contributed by atoms with Crippen LogP contribution in [0, 0.1) is 31.6 Å². The molecule has 2 N–H and O–H groups in total. The molecule has 5 unspecified atom stereocenters. The number of allylic oxidation sites excluding steroid dienone is 2. The number of hydrogen-bond acceptors (Lipinski definition) is 9. The van der Waals surface area contributed by atoms with E-state index in [2.05, 4.69) is 78.0 Å². The van der Waals surface area contributed by atoms with Crippen LogP contribution in [0.5, 0.6) is 0 Å². The zero-order valence-corrected chi connectivity index (χ0v) is 43.1. The lowest BCUT2D eigenvalue weighted by Crippen LogP contribution is -2.48. The van der Waals surface area contributed by atoms with Gasteiger partial charge in [-0.05, 0) is 125 Å². The van der Waals surface area contributed by atoms with Crippen molar-refractivity contribution in [3.8, 4) is 0 Å². The molecule has 0 spiro atoms. The fourth-order valence-corrected chi connectivity index (χ4v) is 10.5. The number of aromatic nitrogens is 4. The number of aromatic amines is 2. The maximum atomic E-state index is 14.2. The highest BCUT2D eigenvalue weighted by Gasteiger charge is 2.57. The summed E-state index contributed by atoms with van der Waals surface area (Å²) >= 11 is 0. The summed E-state index contributed by atoms with van der Waals surface area (Å²) in [5.74, 6) is -2.72. The van der Waals surface area contributed by atoms with Crippen molar-refractivity contribution in [2.24, 2.45) is 17.8 Å². The first-order valence-electron chi connectivity index (χ1n) is 25.4. The molecule has 3 aliphatic rings. The second kappa shape index (κ2) is 22.9. The highest BCUT2D eigenvalue weighted by Crippen LogP contribution is 2.51. The second-order valence-corrected chi connectivity index (χ2v) is 20.1. The number of esters is 3. The molecule has 0 amide bonds. The van der Waals surface area contributed by atoms with Crippen LogP contribution in [-0.2, 0) is 45.5 Å². The molecule has 0 saturated heterocycles. The van der Waals surface area contributed by atoms with Crippen molar-refractivity contribution < 1.29 is 33.3 Å². The van der Waals surface area contributed by atoms with E-state index in [0.29, 0.717) is 35.0 Å². The van der Waals surface area contributed by atoms with Crippen molar-refractivity contribution in [3.63, 3.8) is 0 Å². The number of H-pyrrole nitrogens is 2. The highest BCUT2D eigenvalue weighted by molar-refractivity contribution is 6.27. The molecular formula is C57H78N4O7. The molecule has 368 valence electrons. The summed E-state index contributed by atoms with van der Waals surface area (Å²) in [6, 6.07) is 6.07. The summed E-state index contributed by atoms with van der Waals surface area (Å²) in [4.78, 5) is 59.6. The Morgan fingerprint density at radius 2 is 1.54 bits per heavy atom. The average Bonchev–Trinajstić information content (AvgIpc) is 3.97. The van der Waals surface area contributed by atoms with Gasteiger partial charge in [-0.15, -0.1) is 0 Å². The van der Waals surface area contributed by atoms with Crippen LogP contribution in [0.1, 0.15) is 195 Å². The monoisotopic (exact) mass is 931 g/mol. The Hall–Kier alpha value is -5.29. The molecule has 8 bridgehead atoms. The van der Waals surface area contributed by atoms with Gasteiger partial charge in [-0.2, -0.15) is 0 Å². The highest BCUT2D eigenvalue weighted by atomic mass is 16.7. The van der Waals surface area contributed by atoms with Crippen LogP contribution in [0.2, 0.25) is 0 Å². The summed E-state index contributed by atoms with van der Waals surface area (Å²) in [6.45, 7) is 27.7. The Labute approximate surface area is 405 Å². The van der Waals surface area contributed by atoms with Crippen LogP contribution in [-0.4, -0.2) is 58.2 Å². The first-order valence-corrected chi connectivity index (χ1v) is 25.4. The van der Waals surface area contributed by atoms with Crippen molar-refractivity contribution in [3.05, 3.63) is 87.0 Å². The molecule has 0 aliphatic carbocycles. The summed E-state index contributed by atoms with van der Waals surface area (Å²) in [5, 5.41) is 0. The summed E-state index contributed by atoms with van der Waals surface area (Å²) in [5.41, 5.74) is 11.8. The molecule has 3 aliphatic heterocycles. The minimum absolute atomic E-state index is 0.00214. The average molecular weight is 931 g/mol. The van der Waals surface area contributed by atoms with Gasteiger partial charge in [0.25, 0.3) is 0 Å². The number of ether oxygens (including phenoxy) is 4. The van der Waals surface area contributed by atoms with Crippen LogP contribution in [0.15, 0.2) is 36.4 Å². The lowest BCUT2D eigenvalue weighted by Gasteiger charge is -2.35. The number of cyclic esters (lactones) is 1. The third-order valence-electron chi connectivity index (χ3n) is 14.7. The smallest absolute Gasteiger partial charge is 0.385 e. The number of carbonyl (C=O) groups excluding carboxylic acids is 3. The van der Waals surface area contributed by atoms with E-state index in [0.717, 1.165) is 75.4 Å². The van der Waals surface area contributed by atoms with Crippen LogP contribution >= 0.6 is 0 Å². The van der Waals surface area contributed by atoms with Gasteiger partial charge in [0.15, 0.2) is 0 Å². The minimum Gasteiger partial charge on any atom is -0.464 e. The van der Waals surface area contributed by atoms with Crippen LogP contribution in [0.3, 0.4) is 0 Å². The van der Waals surface area contributed by atoms with Gasteiger partial charge in [0.05, 0.1) is 35.3 Å². The van der Waals surface area contributed by atoms with E-state index in [1.165, 1.54) is 57.6 Å². The van der Waals surface area contributed by atoms with E-state index in [1.54, 1.807) is 6.92 Å². The molecule has 11 heteroatoms. The van der Waals surface area contributed by atoms with E-state index >= 15 is 0 Å². The van der Waals surface area contributed by atoms with E-state index in [-0.39, 0.29) is 48.4 Å². The maximum Gasteiger partial charge on any atom is 0.385 e. The molecule has 5 atom stereocenters. The molecule has 0 radical (unpaired) electrons. The third kappa shape index (κ3) is 11.2. The third-order valence-corrected chi connectivity index (χ3v) is 14.7. The molecular weight excluding hydrogens is 853 g/mol. The fourth-order valence-electron chi connectivity index (χ4n) is 10.5. The molecule has 11 nitrogen and oxygen atoms in total. The number of methoxy groups -OCH3 is 1. The Morgan fingerprint density at radius 3 is 2.19 bits per heavy atom. The first kappa shape index (κ1) is 52.1. The van der Waals surface area contributed by atoms with E-state index in [1.807, 2.05) is 38.1 Å². The SMILES string of the molecule is C=Cc1c(C)c2cc3nc(c4c5nc(cc6[nH]c(cc1[nH]2)c(C)c6CC)C(C)=C5C(=O)OC4(OCC)C(=O)OC)C(CCC(=O)OCC=C(C)CCCC(C)CCCC(C)CCCC(C)C)C3C. The number of aryl methyl sites for hydroxylation is 3. The Bertz CT molecular complexity index is 2590. The lowest BCUT2D eigenvalue weighted by atomic mass is 9.82. The van der Waals surface area contributed by atoms with E-state index in [9.17, 15) is 14.4 Å². The fraction of sp³-hybridized carbons (Fsp3) is 0.561. The Balaban J connectivity index is 1.31. The number of carbonyl (C=O) groups is 3. The molecule has 3 aromatic heterocycles. The van der Waals surface area contributed by atoms with Gasteiger partial charge in [-0.3, -0.25) is 9.78 Å². The largest absolute Gasteiger partial charge is 0.464 e. The van der Waals surface area contributed by atoms with E-state index in [4.69, 9.17) is 28.9 Å². The van der Waals surface area contributed by atoms with Crippen molar-refractivity contribution in [1.29, 1.82) is 0 Å². The molecule has 68 heavy (non-hydrogen) atoms. The number of nitrogens with one attached hydrogen (secondary N) is 2. The number of hydrogen-bond donors (Lipinski definition) is 2. The van der Waals surface area contributed by atoms with Gasteiger partial charge in [-0.25, -0.2) is 14.6 Å². The number of rotatable bonds is 22. The Morgan fingerprint density at radius 1 is 0.882 bits per heavy atom. The van der Waals surface area contributed by atoms with E-state index < -0.39 is 23.6 Å². The predicted molar refractivity (Wildman–Crippen MR) is 274 cm³/mol. The van der Waals surface area contributed by atoms with Gasteiger partial charge < -0.3 is 28.9 Å². The zero-order chi connectivity index (χ0) is 49.4. The normalized spacial score (nSPS) is 19.0. The molecule has 0 saturated carbocycles. The van der Waals surface area contributed by atoms with Crippen molar-refractivity contribution in [2.45, 2.75) is 171 Å². The topological polar surface area (TPSA) is 145 Å². The molecule has 0 fully saturated rings. The Kier molecular flexibility index (Phi) is 17.5. The van der Waals surface area contributed by atoms with Crippen molar-refractivity contribution >= 4 is 57.2 Å². The van der Waals surface area contributed by atoms with Crippen molar-refractivity contribution in [2.75, 3.05) is 20.3 Å². The van der Waals surface area contributed by atoms with Gasteiger partial charge in [0.1, 0.15) is 6.61 Å². The molecule has 6 heterocycles. The molecule has 0 aromatic carbocycles. The predicted octanol–water partition coefficient (Wildman–Crippen LogP) is 13.6.